The lowest BCUT2D eigenvalue weighted by atomic mass is 9.85. The zero-order valence-corrected chi connectivity index (χ0v) is 8.10. The molecular formula is C10H12ClNO. The molecule has 1 aromatic rings. The summed E-state index contributed by atoms with van der Waals surface area (Å²) in [5.74, 6) is 1.87. The minimum atomic E-state index is 0.441. The van der Waals surface area contributed by atoms with Crippen LogP contribution in [0.25, 0.3) is 0 Å². The second-order valence-electron chi connectivity index (χ2n) is 3.96. The summed E-state index contributed by atoms with van der Waals surface area (Å²) >= 11 is 5.85. The highest BCUT2D eigenvalue weighted by Crippen LogP contribution is 2.41. The quantitative estimate of drug-likeness (QED) is 0.692. The molecule has 0 aromatic carbocycles. The van der Waals surface area contributed by atoms with Gasteiger partial charge in [0.25, 0.3) is 0 Å². The van der Waals surface area contributed by atoms with E-state index in [2.05, 4.69) is 5.32 Å². The van der Waals surface area contributed by atoms with E-state index < -0.39 is 0 Å². The number of fused-ring (bicyclic) bond motifs is 3. The number of rotatable bonds is 0. The number of hydrogen-bond donors (Lipinski definition) is 1. The molecule has 0 saturated carbocycles. The Hall–Kier alpha value is -0.470. The van der Waals surface area contributed by atoms with Crippen molar-refractivity contribution in [2.24, 2.45) is 5.92 Å². The van der Waals surface area contributed by atoms with Crippen molar-refractivity contribution in [1.82, 2.24) is 5.32 Å². The van der Waals surface area contributed by atoms with Gasteiger partial charge >= 0.3 is 0 Å². The summed E-state index contributed by atoms with van der Waals surface area (Å²) in [6.45, 7) is 1.12. The molecule has 1 saturated heterocycles. The van der Waals surface area contributed by atoms with Gasteiger partial charge in [0, 0.05) is 0 Å². The molecule has 1 aliphatic carbocycles. The standard InChI is InChI=1S/C10H12ClNO/c11-8-5-7-2-1-6-3-4-12-9(6)10(7)13-8/h5-6,9,12H,1-4H2. The first-order valence-corrected chi connectivity index (χ1v) is 5.24. The molecule has 0 amide bonds. The third kappa shape index (κ3) is 1.12. The second-order valence-corrected chi connectivity index (χ2v) is 4.33. The van der Waals surface area contributed by atoms with Crippen LogP contribution in [0.2, 0.25) is 5.22 Å². The van der Waals surface area contributed by atoms with Crippen LogP contribution in [0, 0.1) is 5.92 Å². The number of nitrogens with one attached hydrogen (secondary N) is 1. The van der Waals surface area contributed by atoms with E-state index in [1.54, 1.807) is 0 Å². The van der Waals surface area contributed by atoms with Crippen LogP contribution in [-0.2, 0) is 6.42 Å². The zero-order valence-electron chi connectivity index (χ0n) is 7.35. The van der Waals surface area contributed by atoms with Gasteiger partial charge in [0.2, 0.25) is 0 Å². The Kier molecular flexibility index (Phi) is 1.67. The Morgan fingerprint density at radius 1 is 1.46 bits per heavy atom. The molecule has 2 unspecified atom stereocenters. The summed E-state index contributed by atoms with van der Waals surface area (Å²) in [5, 5.41) is 4.02. The lowest BCUT2D eigenvalue weighted by Crippen LogP contribution is -2.22. The molecule has 2 heterocycles. The maximum atomic E-state index is 5.85. The van der Waals surface area contributed by atoms with Crippen LogP contribution in [-0.4, -0.2) is 6.54 Å². The van der Waals surface area contributed by atoms with E-state index in [1.165, 1.54) is 18.4 Å². The third-order valence-electron chi connectivity index (χ3n) is 3.23. The van der Waals surface area contributed by atoms with Gasteiger partial charge in [-0.3, -0.25) is 0 Å². The normalized spacial score (nSPS) is 31.5. The molecule has 2 aliphatic rings. The Bertz CT molecular complexity index is 334. The molecule has 1 aromatic heterocycles. The van der Waals surface area contributed by atoms with E-state index in [0.717, 1.165) is 24.6 Å². The highest BCUT2D eigenvalue weighted by atomic mass is 35.5. The summed E-state index contributed by atoms with van der Waals surface area (Å²) in [6, 6.07) is 2.41. The van der Waals surface area contributed by atoms with E-state index in [4.69, 9.17) is 16.0 Å². The van der Waals surface area contributed by atoms with Crippen LogP contribution >= 0.6 is 11.6 Å². The van der Waals surface area contributed by atoms with Gasteiger partial charge in [0.15, 0.2) is 5.22 Å². The Morgan fingerprint density at radius 2 is 2.38 bits per heavy atom. The average Bonchev–Trinajstić information content (AvgIpc) is 2.65. The number of hydrogen-bond acceptors (Lipinski definition) is 2. The molecule has 1 fully saturated rings. The van der Waals surface area contributed by atoms with Crippen molar-refractivity contribution in [2.45, 2.75) is 25.3 Å². The Balaban J connectivity index is 2.05. The first kappa shape index (κ1) is 7.89. The van der Waals surface area contributed by atoms with Crippen molar-refractivity contribution in [1.29, 1.82) is 0 Å². The predicted molar refractivity (Wildman–Crippen MR) is 50.9 cm³/mol. The van der Waals surface area contributed by atoms with Gasteiger partial charge in [-0.15, -0.1) is 0 Å². The van der Waals surface area contributed by atoms with Crippen LogP contribution < -0.4 is 5.32 Å². The first-order valence-electron chi connectivity index (χ1n) is 4.86. The van der Waals surface area contributed by atoms with Gasteiger partial charge in [0.1, 0.15) is 5.76 Å². The zero-order chi connectivity index (χ0) is 8.84. The summed E-state index contributed by atoms with van der Waals surface area (Å²) in [5.41, 5.74) is 1.31. The van der Waals surface area contributed by atoms with Gasteiger partial charge in [-0.2, -0.15) is 0 Å². The Labute approximate surface area is 82.3 Å². The molecule has 0 bridgehead atoms. The number of aryl methyl sites for hydroxylation is 1. The van der Waals surface area contributed by atoms with Gasteiger partial charge in [0.05, 0.1) is 6.04 Å². The highest BCUT2D eigenvalue weighted by Gasteiger charge is 2.35. The van der Waals surface area contributed by atoms with Crippen molar-refractivity contribution in [2.75, 3.05) is 6.54 Å². The second kappa shape index (κ2) is 2.76. The summed E-state index contributed by atoms with van der Waals surface area (Å²) in [4.78, 5) is 0. The fraction of sp³-hybridized carbons (Fsp3) is 0.600. The first-order chi connectivity index (χ1) is 6.34. The topological polar surface area (TPSA) is 25.2 Å². The predicted octanol–water partition coefficient (Wildman–Crippen LogP) is 2.53. The maximum Gasteiger partial charge on any atom is 0.193 e. The van der Waals surface area contributed by atoms with Crippen molar-refractivity contribution in [3.05, 3.63) is 22.6 Å². The largest absolute Gasteiger partial charge is 0.448 e. The lowest BCUT2D eigenvalue weighted by molar-refractivity contribution is 0.337. The minimum absolute atomic E-state index is 0.441. The van der Waals surface area contributed by atoms with Crippen LogP contribution in [0.5, 0.6) is 0 Å². The molecule has 3 rings (SSSR count). The third-order valence-corrected chi connectivity index (χ3v) is 3.42. The van der Waals surface area contributed by atoms with Crippen molar-refractivity contribution < 1.29 is 4.42 Å². The van der Waals surface area contributed by atoms with Crippen molar-refractivity contribution >= 4 is 11.6 Å². The molecule has 2 atom stereocenters. The number of halogens is 1. The van der Waals surface area contributed by atoms with Crippen LogP contribution in [0.1, 0.15) is 30.2 Å². The fourth-order valence-corrected chi connectivity index (χ4v) is 2.80. The van der Waals surface area contributed by atoms with Crippen molar-refractivity contribution in [3.8, 4) is 0 Å². The fourth-order valence-electron chi connectivity index (χ4n) is 2.58. The summed E-state index contributed by atoms with van der Waals surface area (Å²) in [7, 11) is 0. The van der Waals surface area contributed by atoms with E-state index in [0.29, 0.717) is 11.3 Å². The highest BCUT2D eigenvalue weighted by molar-refractivity contribution is 6.28. The van der Waals surface area contributed by atoms with E-state index in [-0.39, 0.29) is 0 Å². The Morgan fingerprint density at radius 3 is 3.31 bits per heavy atom. The SMILES string of the molecule is Clc1cc2c(o1)C1NCCC1CC2. The molecule has 2 nitrogen and oxygen atoms in total. The molecular weight excluding hydrogens is 186 g/mol. The van der Waals surface area contributed by atoms with Crippen molar-refractivity contribution in [3.63, 3.8) is 0 Å². The molecule has 1 aliphatic heterocycles. The van der Waals surface area contributed by atoms with Gasteiger partial charge in [-0.05, 0) is 55.0 Å². The van der Waals surface area contributed by atoms with Crippen LogP contribution in [0.3, 0.4) is 0 Å². The molecule has 0 radical (unpaired) electrons. The smallest absolute Gasteiger partial charge is 0.193 e. The van der Waals surface area contributed by atoms with Gasteiger partial charge in [-0.1, -0.05) is 0 Å². The average molecular weight is 198 g/mol. The monoisotopic (exact) mass is 197 g/mol. The molecule has 1 N–H and O–H groups in total. The molecule has 70 valence electrons. The van der Waals surface area contributed by atoms with E-state index in [9.17, 15) is 0 Å². The van der Waals surface area contributed by atoms with E-state index >= 15 is 0 Å². The molecule has 3 heteroatoms. The molecule has 13 heavy (non-hydrogen) atoms. The van der Waals surface area contributed by atoms with Crippen LogP contribution in [0.15, 0.2) is 10.5 Å². The van der Waals surface area contributed by atoms with Gasteiger partial charge < -0.3 is 9.73 Å². The summed E-state index contributed by atoms with van der Waals surface area (Å²) in [6.07, 6.45) is 3.69. The van der Waals surface area contributed by atoms with E-state index in [1.807, 2.05) is 6.07 Å². The lowest BCUT2D eigenvalue weighted by Gasteiger charge is -2.23. The number of furan rings is 1. The molecule has 0 spiro atoms. The summed E-state index contributed by atoms with van der Waals surface area (Å²) < 4.78 is 5.52. The van der Waals surface area contributed by atoms with Gasteiger partial charge in [-0.25, -0.2) is 0 Å². The van der Waals surface area contributed by atoms with Crippen LogP contribution in [0.4, 0.5) is 0 Å². The maximum absolute atomic E-state index is 5.85. The minimum Gasteiger partial charge on any atom is -0.448 e.